The third-order valence-corrected chi connectivity index (χ3v) is 7.51. The van der Waals surface area contributed by atoms with Gasteiger partial charge in [0.15, 0.2) is 0 Å². The minimum Gasteiger partial charge on any atom is -0.474 e. The van der Waals surface area contributed by atoms with Crippen LogP contribution in [0.25, 0.3) is 0 Å². The zero-order valence-electron chi connectivity index (χ0n) is 21.8. The highest BCUT2D eigenvalue weighted by Gasteiger charge is 2.39. The van der Waals surface area contributed by atoms with E-state index in [0.29, 0.717) is 23.2 Å². The Balaban J connectivity index is 1.40. The van der Waals surface area contributed by atoms with Crippen LogP contribution < -0.4 is 4.90 Å². The number of amides is 2. The Labute approximate surface area is 226 Å². The minimum absolute atomic E-state index is 0.177. The van der Waals surface area contributed by atoms with E-state index in [-0.39, 0.29) is 11.3 Å². The lowest BCUT2D eigenvalue weighted by atomic mass is 10.0. The van der Waals surface area contributed by atoms with Gasteiger partial charge >= 0.3 is 6.18 Å². The summed E-state index contributed by atoms with van der Waals surface area (Å²) in [5, 5.41) is 9.54. The van der Waals surface area contributed by atoms with Crippen LogP contribution in [0.1, 0.15) is 63.0 Å². The van der Waals surface area contributed by atoms with Crippen LogP contribution in [0.15, 0.2) is 29.3 Å². The minimum atomic E-state index is -4.77. The summed E-state index contributed by atoms with van der Waals surface area (Å²) in [5.74, 6) is -1.20. The number of nitrogens with zero attached hydrogens (tertiary/aromatic N) is 4. The summed E-state index contributed by atoms with van der Waals surface area (Å²) in [6, 6.07) is 4.39. The number of methoxy groups -OCH3 is 1. The van der Waals surface area contributed by atoms with Crippen LogP contribution in [-0.2, 0) is 20.5 Å². The second-order valence-electron chi connectivity index (χ2n) is 9.56. The lowest BCUT2D eigenvalue weighted by molar-refractivity contribution is -0.138. The summed E-state index contributed by atoms with van der Waals surface area (Å²) < 4.78 is 45.2. The van der Waals surface area contributed by atoms with E-state index in [1.54, 1.807) is 7.11 Å². The third kappa shape index (κ3) is 7.11. The molecule has 3 rings (SSSR count). The van der Waals surface area contributed by atoms with Crippen LogP contribution >= 0.6 is 12.2 Å². The standard InChI is InChI=1S/C27H33F3N4O3S/c1-19-22(9-7-5-3-4-6-8-12-32-13-15-33(16-14-32)26(38)37-2)25(36)34(24(19)35)21-11-10-20(18-31)23(17-21)27(28,29)30/h10-11,17H,3-9,12-16H2,1-2H3. The fourth-order valence-electron chi connectivity index (χ4n) is 4.84. The summed E-state index contributed by atoms with van der Waals surface area (Å²) in [6.07, 6.45) is 1.58. The van der Waals surface area contributed by atoms with E-state index in [0.717, 1.165) is 82.2 Å². The molecule has 2 heterocycles. The molecule has 1 saturated heterocycles. The monoisotopic (exact) mass is 550 g/mol. The first-order valence-electron chi connectivity index (χ1n) is 12.8. The van der Waals surface area contributed by atoms with Crippen molar-refractivity contribution in [1.82, 2.24) is 9.80 Å². The summed E-state index contributed by atoms with van der Waals surface area (Å²) in [4.78, 5) is 31.0. The van der Waals surface area contributed by atoms with Gasteiger partial charge in [0.1, 0.15) is 0 Å². The largest absolute Gasteiger partial charge is 0.474 e. The molecule has 2 aliphatic rings. The topological polar surface area (TPSA) is 76.9 Å². The molecule has 0 N–H and O–H groups in total. The van der Waals surface area contributed by atoms with Crippen LogP contribution in [0.4, 0.5) is 18.9 Å². The van der Waals surface area contributed by atoms with Crippen molar-refractivity contribution in [1.29, 1.82) is 5.26 Å². The average molecular weight is 551 g/mol. The van der Waals surface area contributed by atoms with E-state index >= 15 is 0 Å². The molecule has 11 heteroatoms. The van der Waals surface area contributed by atoms with Crippen LogP contribution in [0.3, 0.4) is 0 Å². The van der Waals surface area contributed by atoms with Crippen molar-refractivity contribution >= 4 is 34.9 Å². The highest BCUT2D eigenvalue weighted by molar-refractivity contribution is 7.80. The Bertz CT molecular complexity index is 1120. The smallest absolute Gasteiger partial charge is 0.417 e. The molecule has 0 spiro atoms. The second kappa shape index (κ2) is 13.2. The number of benzene rings is 1. The molecular weight excluding hydrogens is 517 g/mol. The van der Waals surface area contributed by atoms with Gasteiger partial charge in [0.2, 0.25) is 0 Å². The molecule has 1 aromatic rings. The Kier molecular flexibility index (Phi) is 10.3. The van der Waals surface area contributed by atoms with Crippen LogP contribution in [0.5, 0.6) is 0 Å². The SMILES string of the molecule is COC(=S)N1CCN(CCCCCCCCC2=C(C)C(=O)N(c3ccc(C#N)c(C(F)(F)F)c3)C2=O)CC1. The van der Waals surface area contributed by atoms with Gasteiger partial charge in [-0.3, -0.25) is 14.5 Å². The third-order valence-electron chi connectivity index (χ3n) is 7.08. The average Bonchev–Trinajstić information content (AvgIpc) is 3.11. The van der Waals surface area contributed by atoms with Crippen molar-refractivity contribution in [2.45, 2.75) is 58.0 Å². The number of rotatable bonds is 10. The number of thiocarbonyl (C=S) groups is 1. The van der Waals surface area contributed by atoms with E-state index in [1.807, 2.05) is 0 Å². The maximum atomic E-state index is 13.4. The van der Waals surface area contributed by atoms with Gasteiger partial charge in [0.25, 0.3) is 17.0 Å². The van der Waals surface area contributed by atoms with Crippen LogP contribution in [-0.4, -0.2) is 66.6 Å². The van der Waals surface area contributed by atoms with Gasteiger partial charge < -0.3 is 9.64 Å². The second-order valence-corrected chi connectivity index (χ2v) is 9.91. The number of hydrogen-bond donors (Lipinski definition) is 0. The quantitative estimate of drug-likeness (QED) is 0.229. The normalized spacial score (nSPS) is 16.8. The highest BCUT2D eigenvalue weighted by Crippen LogP contribution is 2.37. The molecule has 0 radical (unpaired) electrons. The number of hydrogen-bond acceptors (Lipinski definition) is 6. The van der Waals surface area contributed by atoms with Gasteiger partial charge in [0.05, 0.1) is 30.0 Å². The van der Waals surface area contributed by atoms with Crippen molar-refractivity contribution in [2.24, 2.45) is 0 Å². The highest BCUT2D eigenvalue weighted by atomic mass is 32.1. The first kappa shape index (κ1) is 29.6. The maximum absolute atomic E-state index is 13.4. The van der Waals surface area contributed by atoms with E-state index in [9.17, 15) is 22.8 Å². The maximum Gasteiger partial charge on any atom is 0.417 e. The van der Waals surface area contributed by atoms with Crippen molar-refractivity contribution in [2.75, 3.05) is 44.7 Å². The number of ether oxygens (including phenoxy) is 1. The Morgan fingerprint density at radius 1 is 1.03 bits per heavy atom. The lowest BCUT2D eigenvalue weighted by Gasteiger charge is -2.35. The fourth-order valence-corrected chi connectivity index (χ4v) is 5.03. The predicted octanol–water partition coefficient (Wildman–Crippen LogP) is 5.05. The van der Waals surface area contributed by atoms with Gasteiger partial charge in [-0.1, -0.05) is 25.7 Å². The number of alkyl halides is 3. The summed E-state index contributed by atoms with van der Waals surface area (Å²) >= 11 is 5.18. The molecule has 0 aliphatic carbocycles. The molecule has 1 aromatic carbocycles. The Morgan fingerprint density at radius 2 is 1.66 bits per heavy atom. The summed E-state index contributed by atoms with van der Waals surface area (Å²) in [7, 11) is 1.60. The molecule has 38 heavy (non-hydrogen) atoms. The molecule has 206 valence electrons. The molecule has 0 saturated carbocycles. The van der Waals surface area contributed by atoms with Crippen molar-refractivity contribution < 1.29 is 27.5 Å². The number of carbonyl (C=O) groups is 2. The molecule has 1 fully saturated rings. The molecule has 0 atom stereocenters. The van der Waals surface area contributed by atoms with Crippen molar-refractivity contribution in [3.63, 3.8) is 0 Å². The van der Waals surface area contributed by atoms with Gasteiger partial charge in [-0.2, -0.15) is 18.4 Å². The number of piperazine rings is 1. The van der Waals surface area contributed by atoms with E-state index in [2.05, 4.69) is 9.80 Å². The molecule has 2 aliphatic heterocycles. The van der Waals surface area contributed by atoms with Gasteiger partial charge in [-0.15, -0.1) is 0 Å². The van der Waals surface area contributed by atoms with Gasteiger partial charge in [-0.25, -0.2) is 4.90 Å². The Morgan fingerprint density at radius 3 is 2.26 bits per heavy atom. The van der Waals surface area contributed by atoms with E-state index < -0.39 is 29.1 Å². The number of unbranched alkanes of at least 4 members (excludes halogenated alkanes) is 5. The molecule has 0 unspecified atom stereocenters. The zero-order chi connectivity index (χ0) is 27.9. The van der Waals surface area contributed by atoms with Gasteiger partial charge in [-0.05, 0) is 63.1 Å². The molecular formula is C27H33F3N4O3S. The van der Waals surface area contributed by atoms with Crippen molar-refractivity contribution in [3.8, 4) is 6.07 Å². The van der Waals surface area contributed by atoms with Crippen LogP contribution in [0.2, 0.25) is 0 Å². The van der Waals surface area contributed by atoms with E-state index in [1.165, 1.54) is 19.1 Å². The summed E-state index contributed by atoms with van der Waals surface area (Å²) in [5.41, 5.74) is -1.29. The first-order valence-corrected chi connectivity index (χ1v) is 13.2. The lowest BCUT2D eigenvalue weighted by Crippen LogP contribution is -2.48. The van der Waals surface area contributed by atoms with Crippen LogP contribution in [0, 0.1) is 11.3 Å². The van der Waals surface area contributed by atoms with Gasteiger partial charge in [0, 0.05) is 37.3 Å². The number of nitriles is 1. The fraction of sp³-hybridized carbons (Fsp3) is 0.556. The van der Waals surface area contributed by atoms with E-state index in [4.69, 9.17) is 22.2 Å². The molecule has 0 bridgehead atoms. The number of carbonyl (C=O) groups excluding carboxylic acids is 2. The molecule has 2 amide bonds. The number of imide groups is 1. The predicted molar refractivity (Wildman–Crippen MR) is 141 cm³/mol. The Hall–Kier alpha value is -2.97. The molecule has 7 nitrogen and oxygen atoms in total. The van der Waals surface area contributed by atoms with Crippen molar-refractivity contribution in [3.05, 3.63) is 40.5 Å². The molecule has 0 aromatic heterocycles. The first-order chi connectivity index (χ1) is 18.1. The number of anilines is 1. The number of halogens is 3. The summed E-state index contributed by atoms with van der Waals surface area (Å²) in [6.45, 7) is 6.30. The zero-order valence-corrected chi connectivity index (χ0v) is 22.6.